The van der Waals surface area contributed by atoms with Gasteiger partial charge in [0.25, 0.3) is 5.24 Å². The Morgan fingerprint density at radius 1 is 1.00 bits per heavy atom. The average molecular weight is 579 g/mol. The first-order valence-electron chi connectivity index (χ1n) is 11.3. The monoisotopic (exact) mass is 578 g/mol. The number of nitrogens with one attached hydrogen (secondary N) is 1. The lowest BCUT2D eigenvalue weighted by atomic mass is 10.1. The fourth-order valence-corrected chi connectivity index (χ4v) is 4.10. The molecule has 15 heteroatoms. The molecule has 2 heterocycles. The second kappa shape index (κ2) is 13.7. The van der Waals surface area contributed by atoms with Crippen LogP contribution in [0.5, 0.6) is 23.1 Å². The molecule has 0 radical (unpaired) electrons. The zero-order valence-electron chi connectivity index (χ0n) is 20.9. The fraction of sp³-hybridized carbons (Fsp3) is 0.250. The van der Waals surface area contributed by atoms with Gasteiger partial charge >= 0.3 is 10.4 Å². The number of nitrogens with zero attached hydrogens (tertiary/aromatic N) is 3. The maximum absolute atomic E-state index is 11.7. The van der Waals surface area contributed by atoms with Gasteiger partial charge < -0.3 is 19.1 Å². The van der Waals surface area contributed by atoms with Gasteiger partial charge in [-0.3, -0.25) is 24.0 Å². The zero-order valence-corrected chi connectivity index (χ0v) is 22.5. The summed E-state index contributed by atoms with van der Waals surface area (Å²) < 4.78 is 48.4. The summed E-state index contributed by atoms with van der Waals surface area (Å²) in [7, 11) is -1.14. The first kappa shape index (κ1) is 29.6. The van der Waals surface area contributed by atoms with E-state index in [1.165, 1.54) is 6.33 Å². The van der Waals surface area contributed by atoms with Crippen LogP contribution < -0.4 is 24.4 Å². The molecule has 3 aromatic rings. The van der Waals surface area contributed by atoms with Crippen molar-refractivity contribution in [1.29, 1.82) is 0 Å². The fourth-order valence-electron chi connectivity index (χ4n) is 3.24. The number of ether oxygens (including phenoxy) is 3. The second-order valence-electron chi connectivity index (χ2n) is 7.94. The van der Waals surface area contributed by atoms with Crippen LogP contribution >= 0.6 is 11.8 Å². The Labute approximate surface area is 229 Å². The summed E-state index contributed by atoms with van der Waals surface area (Å²) in [5.41, 5.74) is 0.970. The van der Waals surface area contributed by atoms with Crippen molar-refractivity contribution in [1.82, 2.24) is 15.3 Å². The number of likely N-dealkylation sites (N-methyl/N-ethyl adjacent to an activating group) is 1. The minimum absolute atomic E-state index is 0.236. The molecule has 208 valence electrons. The van der Waals surface area contributed by atoms with E-state index in [0.717, 1.165) is 28.8 Å². The highest BCUT2D eigenvalue weighted by Gasteiger charge is 2.31. The third kappa shape index (κ3) is 10.4. The van der Waals surface area contributed by atoms with Crippen LogP contribution in [0.3, 0.4) is 0 Å². The number of aromatic nitrogens is 2. The highest BCUT2D eigenvalue weighted by Crippen LogP contribution is 2.25. The van der Waals surface area contributed by atoms with Gasteiger partial charge in [0.05, 0.1) is 18.9 Å². The topological polar surface area (TPSA) is 177 Å². The van der Waals surface area contributed by atoms with Gasteiger partial charge in [0.15, 0.2) is 0 Å². The predicted octanol–water partition coefficient (Wildman–Crippen LogP) is 3.03. The summed E-state index contributed by atoms with van der Waals surface area (Å²) in [5, 5.41) is 1.64. The van der Waals surface area contributed by atoms with E-state index in [-0.39, 0.29) is 16.4 Å². The molecule has 1 atom stereocenters. The van der Waals surface area contributed by atoms with Crippen molar-refractivity contribution in [2.24, 2.45) is 0 Å². The van der Waals surface area contributed by atoms with Gasteiger partial charge in [0, 0.05) is 13.1 Å². The van der Waals surface area contributed by atoms with Gasteiger partial charge in [-0.05, 0) is 48.4 Å². The number of methoxy groups -OCH3 is 1. The first-order valence-corrected chi connectivity index (χ1v) is 13.6. The van der Waals surface area contributed by atoms with Gasteiger partial charge in [0.2, 0.25) is 11.8 Å². The van der Waals surface area contributed by atoms with E-state index >= 15 is 0 Å². The van der Waals surface area contributed by atoms with E-state index in [4.69, 9.17) is 31.7 Å². The maximum atomic E-state index is 11.7. The first-order chi connectivity index (χ1) is 18.5. The molecule has 2 aromatic carbocycles. The molecule has 0 bridgehead atoms. The van der Waals surface area contributed by atoms with Crippen molar-refractivity contribution in [3.8, 4) is 23.1 Å². The van der Waals surface area contributed by atoms with Crippen LogP contribution in [0.4, 0.5) is 10.6 Å². The molecule has 0 aliphatic carbocycles. The molecule has 1 fully saturated rings. The number of amides is 2. The molecular formula is C24H26N4O9S2. The third-order valence-electron chi connectivity index (χ3n) is 5.11. The lowest BCUT2D eigenvalue weighted by Gasteiger charge is -2.18. The van der Waals surface area contributed by atoms with Gasteiger partial charge in [-0.15, -0.1) is 0 Å². The number of benzene rings is 2. The molecule has 39 heavy (non-hydrogen) atoms. The minimum Gasteiger partial charge on any atom is -0.497 e. The summed E-state index contributed by atoms with van der Waals surface area (Å²) in [6.45, 7) is 1.05. The summed E-state index contributed by atoms with van der Waals surface area (Å²) in [6, 6.07) is 16.6. The van der Waals surface area contributed by atoms with Crippen molar-refractivity contribution < 1.29 is 41.3 Å². The Morgan fingerprint density at radius 2 is 1.62 bits per heavy atom. The van der Waals surface area contributed by atoms with Crippen LogP contribution in [0.25, 0.3) is 0 Å². The standard InChI is InChI=1S/C24H24N4O5S.H2O4S/c1-28(21-14-22(26-15-25-21)33-19-9-7-17(31-2)8-10-19)11-12-32-18-5-3-16(4-6-18)13-20-23(29)27-24(30)34-20;1-5(2,3)4/h3-10,14-15,20H,11-13H2,1-2H3,(H,27,29,30);(H2,1,2,3,4). The van der Waals surface area contributed by atoms with E-state index in [0.29, 0.717) is 37.0 Å². The normalized spacial score (nSPS) is 14.6. The zero-order chi connectivity index (χ0) is 28.4. The molecule has 2 amide bonds. The number of anilines is 1. The Hall–Kier alpha value is -3.92. The number of carbonyl (C=O) groups is 2. The molecule has 0 saturated carbocycles. The Kier molecular flexibility index (Phi) is 10.4. The Bertz CT molecular complexity index is 1360. The van der Waals surface area contributed by atoms with E-state index in [2.05, 4.69) is 15.3 Å². The van der Waals surface area contributed by atoms with Gasteiger partial charge in [-0.25, -0.2) is 9.97 Å². The molecular weight excluding hydrogens is 552 g/mol. The van der Waals surface area contributed by atoms with Crippen molar-refractivity contribution >= 4 is 39.1 Å². The molecule has 1 aliphatic heterocycles. The quantitative estimate of drug-likeness (QED) is 0.299. The predicted molar refractivity (Wildman–Crippen MR) is 143 cm³/mol. The number of carbonyl (C=O) groups excluding carboxylic acids is 2. The van der Waals surface area contributed by atoms with Crippen LogP contribution in [0, 0.1) is 0 Å². The Balaban J connectivity index is 0.000000771. The lowest BCUT2D eigenvalue weighted by Crippen LogP contribution is -2.25. The molecule has 1 aromatic heterocycles. The van der Waals surface area contributed by atoms with Crippen LogP contribution in [-0.4, -0.2) is 71.2 Å². The highest BCUT2D eigenvalue weighted by atomic mass is 32.3. The molecule has 1 aliphatic rings. The van der Waals surface area contributed by atoms with Crippen LogP contribution in [-0.2, 0) is 21.6 Å². The molecule has 3 N–H and O–H groups in total. The van der Waals surface area contributed by atoms with Crippen molar-refractivity contribution in [3.05, 3.63) is 66.5 Å². The van der Waals surface area contributed by atoms with Crippen molar-refractivity contribution in [2.75, 3.05) is 32.2 Å². The highest BCUT2D eigenvalue weighted by molar-refractivity contribution is 8.15. The summed E-state index contributed by atoms with van der Waals surface area (Å²) in [6.07, 6.45) is 1.96. The number of imide groups is 1. The minimum atomic E-state index is -4.67. The van der Waals surface area contributed by atoms with E-state index < -0.39 is 10.4 Å². The van der Waals surface area contributed by atoms with Gasteiger partial charge in [-0.2, -0.15) is 8.42 Å². The van der Waals surface area contributed by atoms with Crippen LogP contribution in [0.1, 0.15) is 5.56 Å². The maximum Gasteiger partial charge on any atom is 0.394 e. The molecule has 13 nitrogen and oxygen atoms in total. The number of hydrogen-bond donors (Lipinski definition) is 3. The Morgan fingerprint density at radius 3 is 2.21 bits per heavy atom. The summed E-state index contributed by atoms with van der Waals surface area (Å²) in [5.74, 6) is 3.04. The van der Waals surface area contributed by atoms with E-state index in [1.807, 2.05) is 60.5 Å². The molecule has 0 spiro atoms. The molecule has 1 saturated heterocycles. The van der Waals surface area contributed by atoms with Crippen molar-refractivity contribution in [2.45, 2.75) is 11.7 Å². The average Bonchev–Trinajstić information content (AvgIpc) is 3.20. The SMILES string of the molecule is COc1ccc(Oc2cc(N(C)CCOc3ccc(CC4SC(=O)NC4=O)cc3)ncn2)cc1.O=S(=O)(O)O. The number of hydrogen-bond acceptors (Lipinski definition) is 11. The third-order valence-corrected chi connectivity index (χ3v) is 6.09. The molecule has 1 unspecified atom stereocenters. The number of rotatable bonds is 10. The van der Waals surface area contributed by atoms with Crippen LogP contribution in [0.2, 0.25) is 0 Å². The van der Waals surface area contributed by atoms with Gasteiger partial charge in [-0.1, -0.05) is 23.9 Å². The van der Waals surface area contributed by atoms with Gasteiger partial charge in [0.1, 0.15) is 36.0 Å². The lowest BCUT2D eigenvalue weighted by molar-refractivity contribution is -0.118. The van der Waals surface area contributed by atoms with E-state index in [9.17, 15) is 9.59 Å². The van der Waals surface area contributed by atoms with Crippen molar-refractivity contribution in [3.63, 3.8) is 0 Å². The summed E-state index contributed by atoms with van der Waals surface area (Å²) in [4.78, 5) is 33.4. The molecule has 4 rings (SSSR count). The largest absolute Gasteiger partial charge is 0.497 e. The van der Waals surface area contributed by atoms with E-state index in [1.54, 1.807) is 13.2 Å². The summed E-state index contributed by atoms with van der Waals surface area (Å²) >= 11 is 1.03. The van der Waals surface area contributed by atoms with Crippen LogP contribution in [0.15, 0.2) is 60.9 Å². The number of thioether (sulfide) groups is 1. The smallest absolute Gasteiger partial charge is 0.394 e. The second-order valence-corrected chi connectivity index (χ2v) is 10.0.